The van der Waals surface area contributed by atoms with Crippen LogP contribution in [-0.2, 0) is 4.79 Å². The summed E-state index contributed by atoms with van der Waals surface area (Å²) >= 11 is 0. The Morgan fingerprint density at radius 3 is 2.15 bits per heavy atom. The standard InChI is InChI=1S/C30H29FN4O4/c1-38-25-13-7-21(8-14-25)27-18-35(24-11-15-26(39-2)16-12-24)30(32-27)33-28(36)19-34(17-20-3-4-20)29(37)22-5-9-23(31)10-6-22/h5-16,18,20H,3-4,17,19H2,1-2H3,(H,32,33,36). The largest absolute Gasteiger partial charge is 0.497 e. The third-order valence-electron chi connectivity index (χ3n) is 6.58. The van der Waals surface area contributed by atoms with Crippen molar-refractivity contribution >= 4 is 17.8 Å². The monoisotopic (exact) mass is 528 g/mol. The second-order valence-electron chi connectivity index (χ2n) is 9.43. The average molecular weight is 529 g/mol. The molecule has 39 heavy (non-hydrogen) atoms. The molecule has 0 radical (unpaired) electrons. The van der Waals surface area contributed by atoms with Crippen molar-refractivity contribution in [1.82, 2.24) is 14.5 Å². The zero-order chi connectivity index (χ0) is 27.4. The topological polar surface area (TPSA) is 85.7 Å². The Morgan fingerprint density at radius 2 is 1.56 bits per heavy atom. The number of ether oxygens (including phenoxy) is 2. The van der Waals surface area contributed by atoms with Gasteiger partial charge in [-0.05, 0) is 91.6 Å². The second-order valence-corrected chi connectivity index (χ2v) is 9.43. The molecule has 5 rings (SSSR count). The Kier molecular flexibility index (Phi) is 7.58. The van der Waals surface area contributed by atoms with Crippen molar-refractivity contribution in [3.05, 3.63) is 90.4 Å². The minimum absolute atomic E-state index is 0.153. The summed E-state index contributed by atoms with van der Waals surface area (Å²) in [5.74, 6) is 0.998. The number of imidazole rings is 1. The molecular formula is C30H29FN4O4. The van der Waals surface area contributed by atoms with E-state index in [-0.39, 0.29) is 18.4 Å². The van der Waals surface area contributed by atoms with Crippen LogP contribution in [0, 0.1) is 11.7 Å². The van der Waals surface area contributed by atoms with Gasteiger partial charge in [0.25, 0.3) is 5.91 Å². The molecule has 0 atom stereocenters. The summed E-state index contributed by atoms with van der Waals surface area (Å²) in [5, 5.41) is 2.89. The van der Waals surface area contributed by atoms with Gasteiger partial charge in [-0.15, -0.1) is 0 Å². The van der Waals surface area contributed by atoms with Gasteiger partial charge in [0.1, 0.15) is 23.9 Å². The van der Waals surface area contributed by atoms with Crippen LogP contribution in [0.25, 0.3) is 16.9 Å². The highest BCUT2D eigenvalue weighted by Gasteiger charge is 2.29. The van der Waals surface area contributed by atoms with Crippen LogP contribution in [0.1, 0.15) is 23.2 Å². The van der Waals surface area contributed by atoms with E-state index in [9.17, 15) is 14.0 Å². The Bertz CT molecular complexity index is 1450. The number of aromatic nitrogens is 2. The van der Waals surface area contributed by atoms with Gasteiger partial charge in [-0.1, -0.05) is 0 Å². The third kappa shape index (κ3) is 6.26. The van der Waals surface area contributed by atoms with E-state index >= 15 is 0 Å². The summed E-state index contributed by atoms with van der Waals surface area (Å²) in [6, 6.07) is 20.2. The number of hydrogen-bond donors (Lipinski definition) is 1. The van der Waals surface area contributed by atoms with Crippen LogP contribution in [0.3, 0.4) is 0 Å². The predicted octanol–water partition coefficient (Wildman–Crippen LogP) is 5.19. The van der Waals surface area contributed by atoms with Gasteiger partial charge >= 0.3 is 0 Å². The summed E-state index contributed by atoms with van der Waals surface area (Å²) in [7, 11) is 3.20. The second kappa shape index (κ2) is 11.4. The minimum atomic E-state index is -0.420. The lowest BCUT2D eigenvalue weighted by Gasteiger charge is -2.22. The molecule has 1 aromatic heterocycles. The third-order valence-corrected chi connectivity index (χ3v) is 6.58. The van der Waals surface area contributed by atoms with E-state index in [1.54, 1.807) is 18.8 Å². The number of carbonyl (C=O) groups is 2. The Balaban J connectivity index is 1.41. The molecule has 3 aromatic carbocycles. The smallest absolute Gasteiger partial charge is 0.254 e. The molecule has 0 spiro atoms. The molecule has 1 fully saturated rings. The summed E-state index contributed by atoms with van der Waals surface area (Å²) in [4.78, 5) is 32.7. The van der Waals surface area contributed by atoms with E-state index in [1.165, 1.54) is 29.2 Å². The molecule has 1 saturated carbocycles. The van der Waals surface area contributed by atoms with E-state index in [1.807, 2.05) is 54.7 Å². The highest BCUT2D eigenvalue weighted by atomic mass is 19.1. The molecule has 4 aromatic rings. The van der Waals surface area contributed by atoms with Crippen LogP contribution in [0.4, 0.5) is 10.3 Å². The van der Waals surface area contributed by atoms with Gasteiger partial charge < -0.3 is 14.4 Å². The van der Waals surface area contributed by atoms with Crippen molar-refractivity contribution in [2.45, 2.75) is 12.8 Å². The van der Waals surface area contributed by atoms with Crippen LogP contribution >= 0.6 is 0 Å². The molecule has 1 aliphatic carbocycles. The predicted molar refractivity (Wildman–Crippen MR) is 146 cm³/mol. The van der Waals surface area contributed by atoms with Crippen LogP contribution in [0.5, 0.6) is 11.5 Å². The van der Waals surface area contributed by atoms with E-state index in [4.69, 9.17) is 14.5 Å². The van der Waals surface area contributed by atoms with Gasteiger partial charge in [0.05, 0.1) is 19.9 Å². The molecule has 0 saturated heterocycles. The number of hydrogen-bond acceptors (Lipinski definition) is 5. The zero-order valence-corrected chi connectivity index (χ0v) is 21.8. The molecule has 2 amide bonds. The fourth-order valence-corrected chi connectivity index (χ4v) is 4.25. The maximum Gasteiger partial charge on any atom is 0.254 e. The number of amides is 2. The lowest BCUT2D eigenvalue weighted by molar-refractivity contribution is -0.117. The van der Waals surface area contributed by atoms with E-state index in [0.717, 1.165) is 29.8 Å². The highest BCUT2D eigenvalue weighted by molar-refractivity contribution is 5.99. The quantitative estimate of drug-likeness (QED) is 0.306. The first-order valence-corrected chi connectivity index (χ1v) is 12.7. The number of halogens is 1. The number of methoxy groups -OCH3 is 2. The normalized spacial score (nSPS) is 12.6. The molecule has 0 bridgehead atoms. The first-order valence-electron chi connectivity index (χ1n) is 12.7. The van der Waals surface area contributed by atoms with Crippen molar-refractivity contribution in [1.29, 1.82) is 0 Å². The number of nitrogens with one attached hydrogen (secondary N) is 1. The number of nitrogens with zero attached hydrogens (tertiary/aromatic N) is 3. The van der Waals surface area contributed by atoms with Crippen molar-refractivity contribution in [3.63, 3.8) is 0 Å². The van der Waals surface area contributed by atoms with Gasteiger partial charge in [0.2, 0.25) is 11.9 Å². The summed E-state index contributed by atoms with van der Waals surface area (Å²) in [6.07, 6.45) is 3.87. The van der Waals surface area contributed by atoms with Crippen molar-refractivity contribution in [3.8, 4) is 28.4 Å². The van der Waals surface area contributed by atoms with Gasteiger partial charge in [0.15, 0.2) is 0 Å². The SMILES string of the molecule is COc1ccc(-c2cn(-c3ccc(OC)cc3)c(NC(=O)CN(CC3CC3)C(=O)c3ccc(F)cc3)n2)cc1. The fraction of sp³-hybridized carbons (Fsp3) is 0.233. The van der Waals surface area contributed by atoms with Gasteiger partial charge in [-0.2, -0.15) is 0 Å². The highest BCUT2D eigenvalue weighted by Crippen LogP contribution is 2.30. The fourth-order valence-electron chi connectivity index (χ4n) is 4.25. The Morgan fingerprint density at radius 1 is 0.949 bits per heavy atom. The van der Waals surface area contributed by atoms with E-state index in [2.05, 4.69) is 5.32 Å². The zero-order valence-electron chi connectivity index (χ0n) is 21.8. The molecule has 0 unspecified atom stereocenters. The van der Waals surface area contributed by atoms with Crippen LogP contribution < -0.4 is 14.8 Å². The molecule has 200 valence electrons. The van der Waals surface area contributed by atoms with Crippen LogP contribution in [-0.4, -0.2) is 53.6 Å². The van der Waals surface area contributed by atoms with Crippen LogP contribution in [0.2, 0.25) is 0 Å². The molecule has 1 heterocycles. The van der Waals surface area contributed by atoms with E-state index < -0.39 is 5.82 Å². The first-order chi connectivity index (χ1) is 18.9. The van der Waals surface area contributed by atoms with Crippen molar-refractivity contribution < 1.29 is 23.5 Å². The lowest BCUT2D eigenvalue weighted by atomic mass is 10.1. The molecule has 1 aliphatic rings. The number of rotatable bonds is 10. The number of benzene rings is 3. The summed E-state index contributed by atoms with van der Waals surface area (Å²) in [5.41, 5.74) is 2.61. The number of carbonyl (C=O) groups excluding carboxylic acids is 2. The molecule has 9 heteroatoms. The Labute approximate surface area is 226 Å². The summed E-state index contributed by atoms with van der Waals surface area (Å²) in [6.45, 7) is 0.313. The molecule has 0 aliphatic heterocycles. The van der Waals surface area contributed by atoms with Crippen LogP contribution in [0.15, 0.2) is 79.0 Å². The molecule has 1 N–H and O–H groups in total. The van der Waals surface area contributed by atoms with Crippen molar-refractivity contribution in [2.24, 2.45) is 5.92 Å². The van der Waals surface area contributed by atoms with Crippen molar-refractivity contribution in [2.75, 3.05) is 32.6 Å². The maximum absolute atomic E-state index is 13.4. The number of anilines is 1. The Hall–Kier alpha value is -4.66. The lowest BCUT2D eigenvalue weighted by Crippen LogP contribution is -2.39. The molecule has 8 nitrogen and oxygen atoms in total. The van der Waals surface area contributed by atoms with Gasteiger partial charge in [0, 0.05) is 29.6 Å². The van der Waals surface area contributed by atoms with Gasteiger partial charge in [-0.3, -0.25) is 19.5 Å². The average Bonchev–Trinajstić information content (AvgIpc) is 3.69. The van der Waals surface area contributed by atoms with E-state index in [0.29, 0.717) is 35.4 Å². The minimum Gasteiger partial charge on any atom is -0.497 e. The summed E-state index contributed by atoms with van der Waals surface area (Å²) < 4.78 is 25.7. The molecular weight excluding hydrogens is 499 g/mol. The first kappa shape index (κ1) is 26.0. The van der Waals surface area contributed by atoms with Gasteiger partial charge in [-0.25, -0.2) is 9.37 Å². The maximum atomic E-state index is 13.4.